The number of hydrogen-bond donors (Lipinski definition) is 2. The molecule has 0 aliphatic carbocycles. The van der Waals surface area contributed by atoms with Gasteiger partial charge in [-0.3, -0.25) is 0 Å². The molecule has 0 aliphatic rings. The molecule has 0 aliphatic heterocycles. The maximum absolute atomic E-state index is 8.55. The third-order valence-corrected chi connectivity index (χ3v) is 0.735. The minimum Gasteiger partial charge on any atom is -0.511 e. The Morgan fingerprint density at radius 2 is 2.25 bits per heavy atom. The Labute approximate surface area is 49.3 Å². The molecule has 0 saturated heterocycles. The third kappa shape index (κ3) is 2.42. The Morgan fingerprint density at radius 1 is 1.75 bits per heavy atom. The average molecular weight is 112 g/mol. The lowest BCUT2D eigenvalue weighted by atomic mass is 10.2. The highest BCUT2D eigenvalue weighted by Gasteiger charge is 2.01. The van der Waals surface area contributed by atoms with Gasteiger partial charge in [0.25, 0.3) is 0 Å². The van der Waals surface area contributed by atoms with Gasteiger partial charge in [0, 0.05) is 0 Å². The van der Waals surface area contributed by atoms with E-state index in [0.717, 1.165) is 0 Å². The van der Waals surface area contributed by atoms with Crippen LogP contribution < -0.4 is 5.73 Å². The van der Waals surface area contributed by atoms with Gasteiger partial charge in [-0.15, -0.1) is 6.58 Å². The molecule has 0 rings (SSSR count). The molecule has 0 atom stereocenters. The molecule has 3 N–H and O–H groups in total. The summed E-state index contributed by atoms with van der Waals surface area (Å²) in [6, 6.07) is 0.375. The largest absolute Gasteiger partial charge is 0.511 e. The minimum atomic E-state index is -0.0649. The van der Waals surface area contributed by atoms with Crippen molar-refractivity contribution in [1.82, 2.24) is 0 Å². The molecule has 0 amide bonds. The van der Waals surface area contributed by atoms with Crippen molar-refractivity contribution in [3.63, 3.8) is 0 Å². The summed E-state index contributed by atoms with van der Waals surface area (Å²) in [5, 5.41) is 8.55. The predicted molar refractivity (Wildman–Crippen MR) is 34.0 cm³/mol. The van der Waals surface area contributed by atoms with Gasteiger partial charge in [-0.1, -0.05) is 12.7 Å². The van der Waals surface area contributed by atoms with Gasteiger partial charge in [0.05, 0.1) is 0 Å². The fraction of sp³-hybridized carbons (Fsp3) is 0.167. The Morgan fingerprint density at radius 3 is 2.38 bits per heavy atom. The Kier molecular flexibility index (Phi) is 2.96. The molecule has 0 fully saturated rings. The summed E-state index contributed by atoms with van der Waals surface area (Å²) in [4.78, 5) is 0. The van der Waals surface area contributed by atoms with Crippen LogP contribution in [0, 0.1) is 6.04 Å². The van der Waals surface area contributed by atoms with Gasteiger partial charge in [0.15, 0.2) is 0 Å². The van der Waals surface area contributed by atoms with Crippen molar-refractivity contribution in [3.05, 3.63) is 31.0 Å². The molecular formula is C6H10NO. The number of aliphatic hydroxyl groups excluding tert-OH is 1. The SMILES string of the molecule is C=CC[C](N)C(=C)O. The molecule has 2 nitrogen and oxygen atoms in total. The maximum Gasteiger partial charge on any atom is 0.108 e. The van der Waals surface area contributed by atoms with E-state index in [1.807, 2.05) is 0 Å². The topological polar surface area (TPSA) is 46.2 Å². The average Bonchev–Trinajstić information content (AvgIpc) is 1.67. The molecule has 1 radical (unpaired) electrons. The molecule has 2 heteroatoms. The molecule has 45 valence electrons. The van der Waals surface area contributed by atoms with E-state index in [9.17, 15) is 0 Å². The molecule has 8 heavy (non-hydrogen) atoms. The van der Waals surface area contributed by atoms with Crippen molar-refractivity contribution in [3.8, 4) is 0 Å². The van der Waals surface area contributed by atoms with E-state index in [2.05, 4.69) is 13.2 Å². The lowest BCUT2D eigenvalue weighted by Gasteiger charge is -2.02. The minimum absolute atomic E-state index is 0.0649. The molecule has 0 saturated carbocycles. The maximum atomic E-state index is 8.55. The van der Waals surface area contributed by atoms with Crippen LogP contribution in [-0.4, -0.2) is 5.11 Å². The number of rotatable bonds is 3. The molecule has 0 bridgehead atoms. The second-order valence-electron chi connectivity index (χ2n) is 1.46. The first-order valence-corrected chi connectivity index (χ1v) is 2.29. The van der Waals surface area contributed by atoms with Gasteiger partial charge in [-0.05, 0) is 6.42 Å². The van der Waals surface area contributed by atoms with Crippen LogP contribution in [0.2, 0.25) is 0 Å². The summed E-state index contributed by atoms with van der Waals surface area (Å²) in [7, 11) is 0. The van der Waals surface area contributed by atoms with Crippen LogP contribution in [0.25, 0.3) is 0 Å². The Hall–Kier alpha value is -0.760. The molecular weight excluding hydrogens is 102 g/mol. The van der Waals surface area contributed by atoms with E-state index in [1.165, 1.54) is 0 Å². The van der Waals surface area contributed by atoms with Gasteiger partial charge in [0.1, 0.15) is 11.8 Å². The van der Waals surface area contributed by atoms with Gasteiger partial charge < -0.3 is 10.8 Å². The number of nitrogens with two attached hydrogens (primary N) is 1. The van der Waals surface area contributed by atoms with Gasteiger partial charge in [-0.25, -0.2) is 0 Å². The normalized spacial score (nSPS) is 9.25. The predicted octanol–water partition coefficient (Wildman–Crippen LogP) is 1.12. The van der Waals surface area contributed by atoms with E-state index in [0.29, 0.717) is 12.5 Å². The zero-order chi connectivity index (χ0) is 6.57. The zero-order valence-corrected chi connectivity index (χ0v) is 4.72. The summed E-state index contributed by atoms with van der Waals surface area (Å²) in [5.41, 5.74) is 5.22. The zero-order valence-electron chi connectivity index (χ0n) is 4.72. The van der Waals surface area contributed by atoms with Gasteiger partial charge >= 0.3 is 0 Å². The second-order valence-corrected chi connectivity index (χ2v) is 1.46. The standard InChI is InChI=1S/C6H10NO/c1-3-4-6(7)5(2)8/h3,8H,1-2,4,7H2. The molecule has 0 heterocycles. The van der Waals surface area contributed by atoms with Crippen LogP contribution in [0.15, 0.2) is 25.0 Å². The monoisotopic (exact) mass is 112 g/mol. The smallest absolute Gasteiger partial charge is 0.108 e. The number of aliphatic hydroxyl groups is 1. The Bertz CT molecular complexity index is 98.7. The Balaban J connectivity index is 3.46. The fourth-order valence-electron chi connectivity index (χ4n) is 0.273. The summed E-state index contributed by atoms with van der Waals surface area (Å²) in [6.07, 6.45) is 2.10. The van der Waals surface area contributed by atoms with E-state index in [-0.39, 0.29) is 5.76 Å². The van der Waals surface area contributed by atoms with Crippen molar-refractivity contribution in [1.29, 1.82) is 0 Å². The first-order valence-electron chi connectivity index (χ1n) is 2.29. The van der Waals surface area contributed by atoms with Crippen LogP contribution in [0.5, 0.6) is 0 Å². The fourth-order valence-corrected chi connectivity index (χ4v) is 0.273. The van der Waals surface area contributed by atoms with E-state index in [1.54, 1.807) is 6.08 Å². The molecule has 0 aromatic heterocycles. The quantitative estimate of drug-likeness (QED) is 0.424. The van der Waals surface area contributed by atoms with Crippen LogP contribution in [0.3, 0.4) is 0 Å². The first-order chi connectivity index (χ1) is 3.68. The molecule has 0 aromatic rings. The highest BCUT2D eigenvalue weighted by Crippen LogP contribution is 2.04. The lowest BCUT2D eigenvalue weighted by Crippen LogP contribution is -2.10. The van der Waals surface area contributed by atoms with Crippen molar-refractivity contribution < 1.29 is 5.11 Å². The van der Waals surface area contributed by atoms with Crippen LogP contribution in [0.1, 0.15) is 6.42 Å². The van der Waals surface area contributed by atoms with Crippen molar-refractivity contribution >= 4 is 0 Å². The van der Waals surface area contributed by atoms with E-state index in [4.69, 9.17) is 10.8 Å². The second kappa shape index (κ2) is 3.27. The highest BCUT2D eigenvalue weighted by atomic mass is 16.3. The summed E-state index contributed by atoms with van der Waals surface area (Å²) >= 11 is 0. The third-order valence-electron chi connectivity index (χ3n) is 0.735. The molecule has 0 unspecified atom stereocenters. The van der Waals surface area contributed by atoms with Crippen LogP contribution >= 0.6 is 0 Å². The molecule has 0 aromatic carbocycles. The summed E-state index contributed by atoms with van der Waals surface area (Å²) in [5.74, 6) is -0.0649. The highest BCUT2D eigenvalue weighted by molar-refractivity contribution is 5.11. The summed E-state index contributed by atoms with van der Waals surface area (Å²) in [6.45, 7) is 6.65. The van der Waals surface area contributed by atoms with E-state index >= 15 is 0 Å². The van der Waals surface area contributed by atoms with Crippen LogP contribution in [0.4, 0.5) is 0 Å². The van der Waals surface area contributed by atoms with E-state index < -0.39 is 0 Å². The molecule has 0 spiro atoms. The summed E-state index contributed by atoms with van der Waals surface area (Å²) < 4.78 is 0. The number of hydrogen-bond acceptors (Lipinski definition) is 2. The van der Waals surface area contributed by atoms with Gasteiger partial charge in [0.2, 0.25) is 0 Å². The first kappa shape index (κ1) is 7.24. The van der Waals surface area contributed by atoms with Gasteiger partial charge in [-0.2, -0.15) is 0 Å². The van der Waals surface area contributed by atoms with Crippen LogP contribution in [-0.2, 0) is 0 Å². The lowest BCUT2D eigenvalue weighted by molar-refractivity contribution is 0.403. The van der Waals surface area contributed by atoms with Crippen molar-refractivity contribution in [2.45, 2.75) is 6.42 Å². The van der Waals surface area contributed by atoms with Crippen molar-refractivity contribution in [2.75, 3.05) is 0 Å². The van der Waals surface area contributed by atoms with Crippen molar-refractivity contribution in [2.24, 2.45) is 5.73 Å².